The summed E-state index contributed by atoms with van der Waals surface area (Å²) in [5.74, 6) is 1.63. The summed E-state index contributed by atoms with van der Waals surface area (Å²) in [6.07, 6.45) is 2.16. The SMILES string of the molecule is CCC(C)c1ccc(-c2cc(CN)c3c(c2)CCO3)cc1. The average Bonchev–Trinajstić information content (AvgIpc) is 3.01. The molecule has 0 fully saturated rings. The van der Waals surface area contributed by atoms with Gasteiger partial charge < -0.3 is 10.5 Å². The molecule has 3 rings (SSSR count). The van der Waals surface area contributed by atoms with Crippen LogP contribution in [-0.2, 0) is 13.0 Å². The van der Waals surface area contributed by atoms with Gasteiger partial charge in [0.2, 0.25) is 0 Å². The minimum absolute atomic E-state index is 0.529. The molecule has 0 amide bonds. The van der Waals surface area contributed by atoms with Crippen LogP contribution in [0, 0.1) is 0 Å². The predicted octanol–water partition coefficient (Wildman–Crippen LogP) is 4.26. The van der Waals surface area contributed by atoms with E-state index in [0.717, 1.165) is 24.3 Å². The smallest absolute Gasteiger partial charge is 0.127 e. The van der Waals surface area contributed by atoms with Crippen LogP contribution < -0.4 is 10.5 Å². The van der Waals surface area contributed by atoms with E-state index in [1.165, 1.54) is 28.7 Å². The summed E-state index contributed by atoms with van der Waals surface area (Å²) >= 11 is 0. The number of hydrogen-bond donors (Lipinski definition) is 1. The molecule has 1 atom stereocenters. The van der Waals surface area contributed by atoms with E-state index in [1.807, 2.05) is 0 Å². The van der Waals surface area contributed by atoms with E-state index >= 15 is 0 Å². The van der Waals surface area contributed by atoms with Crippen molar-refractivity contribution in [3.05, 3.63) is 53.1 Å². The van der Waals surface area contributed by atoms with Gasteiger partial charge in [0.1, 0.15) is 5.75 Å². The third-order valence-corrected chi connectivity index (χ3v) is 4.51. The molecule has 1 unspecified atom stereocenters. The molecule has 1 aliphatic rings. The lowest BCUT2D eigenvalue weighted by Crippen LogP contribution is -2.00. The number of nitrogens with two attached hydrogens (primary N) is 1. The maximum Gasteiger partial charge on any atom is 0.127 e. The summed E-state index contributed by atoms with van der Waals surface area (Å²) in [5, 5.41) is 0. The highest BCUT2D eigenvalue weighted by atomic mass is 16.5. The van der Waals surface area contributed by atoms with Gasteiger partial charge in [-0.15, -0.1) is 0 Å². The van der Waals surface area contributed by atoms with Crippen LogP contribution in [0.25, 0.3) is 11.1 Å². The fourth-order valence-electron chi connectivity index (χ4n) is 2.95. The first-order valence-electron chi connectivity index (χ1n) is 7.82. The van der Waals surface area contributed by atoms with Crippen LogP contribution in [0.1, 0.15) is 42.9 Å². The molecule has 0 aromatic heterocycles. The maximum absolute atomic E-state index is 5.87. The van der Waals surface area contributed by atoms with Gasteiger partial charge in [0.15, 0.2) is 0 Å². The van der Waals surface area contributed by atoms with Gasteiger partial charge in [-0.2, -0.15) is 0 Å². The van der Waals surface area contributed by atoms with Crippen molar-refractivity contribution in [1.29, 1.82) is 0 Å². The first-order valence-corrected chi connectivity index (χ1v) is 7.82. The third-order valence-electron chi connectivity index (χ3n) is 4.51. The highest BCUT2D eigenvalue weighted by molar-refractivity contribution is 5.68. The fraction of sp³-hybridized carbons (Fsp3) is 0.368. The fourth-order valence-corrected chi connectivity index (χ4v) is 2.95. The summed E-state index contributed by atoms with van der Waals surface area (Å²) in [5.41, 5.74) is 12.2. The molecular formula is C19H23NO. The number of hydrogen-bond acceptors (Lipinski definition) is 2. The molecule has 0 saturated carbocycles. The van der Waals surface area contributed by atoms with E-state index in [2.05, 4.69) is 50.2 Å². The molecule has 0 bridgehead atoms. The van der Waals surface area contributed by atoms with Crippen LogP contribution in [0.3, 0.4) is 0 Å². The van der Waals surface area contributed by atoms with Gasteiger partial charge in [0.25, 0.3) is 0 Å². The Morgan fingerprint density at radius 3 is 2.57 bits per heavy atom. The van der Waals surface area contributed by atoms with Crippen molar-refractivity contribution in [2.24, 2.45) is 5.73 Å². The molecule has 0 spiro atoms. The predicted molar refractivity (Wildman–Crippen MR) is 87.7 cm³/mol. The second-order valence-electron chi connectivity index (χ2n) is 5.86. The Morgan fingerprint density at radius 2 is 1.90 bits per heavy atom. The normalized spacial score (nSPS) is 14.6. The number of ether oxygens (including phenoxy) is 1. The summed E-state index contributed by atoms with van der Waals surface area (Å²) in [6, 6.07) is 13.4. The Balaban J connectivity index is 1.97. The van der Waals surface area contributed by atoms with Crippen molar-refractivity contribution in [3.63, 3.8) is 0 Å². The van der Waals surface area contributed by atoms with Crippen molar-refractivity contribution < 1.29 is 4.74 Å². The Morgan fingerprint density at radius 1 is 1.14 bits per heavy atom. The highest BCUT2D eigenvalue weighted by Gasteiger charge is 2.17. The largest absolute Gasteiger partial charge is 0.493 e. The van der Waals surface area contributed by atoms with Gasteiger partial charge in [0.05, 0.1) is 6.61 Å². The maximum atomic E-state index is 5.87. The quantitative estimate of drug-likeness (QED) is 0.908. The van der Waals surface area contributed by atoms with Gasteiger partial charge in [-0.1, -0.05) is 38.1 Å². The lowest BCUT2D eigenvalue weighted by Gasteiger charge is -2.12. The molecule has 2 N–H and O–H groups in total. The Labute approximate surface area is 126 Å². The van der Waals surface area contributed by atoms with Gasteiger partial charge >= 0.3 is 0 Å². The zero-order valence-corrected chi connectivity index (χ0v) is 12.9. The van der Waals surface area contributed by atoms with Crippen LogP contribution in [0.4, 0.5) is 0 Å². The third kappa shape index (κ3) is 2.68. The average molecular weight is 281 g/mol. The Kier molecular flexibility index (Phi) is 3.98. The van der Waals surface area contributed by atoms with Crippen LogP contribution in [0.15, 0.2) is 36.4 Å². The van der Waals surface area contributed by atoms with Crippen molar-refractivity contribution >= 4 is 0 Å². The van der Waals surface area contributed by atoms with Crippen molar-refractivity contribution in [2.45, 2.75) is 39.2 Å². The molecule has 0 saturated heterocycles. The number of fused-ring (bicyclic) bond motifs is 1. The molecule has 2 heteroatoms. The molecule has 0 radical (unpaired) electrons. The lowest BCUT2D eigenvalue weighted by atomic mass is 9.94. The first-order chi connectivity index (χ1) is 10.2. The number of benzene rings is 2. The first kappa shape index (κ1) is 14.2. The van der Waals surface area contributed by atoms with E-state index < -0.39 is 0 Å². The second kappa shape index (κ2) is 5.90. The van der Waals surface area contributed by atoms with Gasteiger partial charge in [-0.05, 0) is 46.7 Å². The zero-order valence-electron chi connectivity index (χ0n) is 12.9. The summed E-state index contributed by atoms with van der Waals surface area (Å²) in [6.45, 7) is 5.81. The standard InChI is InChI=1S/C19H23NO/c1-3-13(2)14-4-6-15(7-5-14)17-10-16-8-9-21-19(16)18(11-17)12-20/h4-7,10-11,13H,3,8-9,12,20H2,1-2H3. The topological polar surface area (TPSA) is 35.2 Å². The van der Waals surface area contributed by atoms with Crippen LogP contribution in [0.5, 0.6) is 5.75 Å². The lowest BCUT2D eigenvalue weighted by molar-refractivity contribution is 0.353. The van der Waals surface area contributed by atoms with E-state index in [1.54, 1.807) is 0 Å². The Hall–Kier alpha value is -1.80. The molecule has 2 aromatic carbocycles. The molecule has 110 valence electrons. The minimum Gasteiger partial charge on any atom is -0.493 e. The zero-order chi connectivity index (χ0) is 14.8. The van der Waals surface area contributed by atoms with Gasteiger partial charge in [-0.3, -0.25) is 0 Å². The van der Waals surface area contributed by atoms with Crippen molar-refractivity contribution in [2.75, 3.05) is 6.61 Å². The molecule has 0 aliphatic carbocycles. The summed E-state index contributed by atoms with van der Waals surface area (Å²) in [4.78, 5) is 0. The van der Waals surface area contributed by atoms with Crippen LogP contribution >= 0.6 is 0 Å². The van der Waals surface area contributed by atoms with E-state index in [-0.39, 0.29) is 0 Å². The van der Waals surface area contributed by atoms with Gasteiger partial charge in [0, 0.05) is 18.5 Å². The van der Waals surface area contributed by atoms with Crippen molar-refractivity contribution in [3.8, 4) is 16.9 Å². The molecule has 2 nitrogen and oxygen atoms in total. The second-order valence-corrected chi connectivity index (χ2v) is 5.86. The number of rotatable bonds is 4. The van der Waals surface area contributed by atoms with Gasteiger partial charge in [-0.25, -0.2) is 0 Å². The van der Waals surface area contributed by atoms with Crippen LogP contribution in [-0.4, -0.2) is 6.61 Å². The molecule has 2 aromatic rings. The highest BCUT2D eigenvalue weighted by Crippen LogP contribution is 2.35. The molecule has 1 heterocycles. The molecule has 1 aliphatic heterocycles. The Bertz CT molecular complexity index is 631. The van der Waals surface area contributed by atoms with Crippen molar-refractivity contribution in [1.82, 2.24) is 0 Å². The summed E-state index contributed by atoms with van der Waals surface area (Å²) < 4.78 is 5.70. The van der Waals surface area contributed by atoms with E-state index in [0.29, 0.717) is 12.5 Å². The monoisotopic (exact) mass is 281 g/mol. The minimum atomic E-state index is 0.529. The molecule has 21 heavy (non-hydrogen) atoms. The van der Waals surface area contributed by atoms with E-state index in [9.17, 15) is 0 Å². The molecular weight excluding hydrogens is 258 g/mol. The van der Waals surface area contributed by atoms with E-state index in [4.69, 9.17) is 10.5 Å². The summed E-state index contributed by atoms with van der Waals surface area (Å²) in [7, 11) is 0. The van der Waals surface area contributed by atoms with Crippen LogP contribution in [0.2, 0.25) is 0 Å².